The summed E-state index contributed by atoms with van der Waals surface area (Å²) in [6.07, 6.45) is 2.97. The number of halogens is 1. The number of carbonyl (C=O) groups is 1. The smallest absolute Gasteiger partial charge is 0.272 e. The number of rotatable bonds is 4. The predicted octanol–water partition coefficient (Wildman–Crippen LogP) is 2.47. The second-order valence-corrected chi connectivity index (χ2v) is 5.60. The first-order valence-corrected chi connectivity index (χ1v) is 7.41. The van der Waals surface area contributed by atoms with Crippen molar-refractivity contribution in [2.24, 2.45) is 5.10 Å². The highest BCUT2D eigenvalue weighted by molar-refractivity contribution is 14.1. The van der Waals surface area contributed by atoms with Gasteiger partial charge in [0.1, 0.15) is 0 Å². The molecule has 0 aliphatic heterocycles. The van der Waals surface area contributed by atoms with Crippen molar-refractivity contribution in [1.82, 2.24) is 10.4 Å². The molecule has 0 atom stereocenters. The predicted molar refractivity (Wildman–Crippen MR) is 91.4 cm³/mol. The summed E-state index contributed by atoms with van der Waals surface area (Å²) in [7, 11) is 1.47. The lowest BCUT2D eigenvalue weighted by Crippen LogP contribution is -2.17. The van der Waals surface area contributed by atoms with Crippen LogP contribution in [0.2, 0.25) is 0 Å². The van der Waals surface area contributed by atoms with Crippen molar-refractivity contribution in [2.45, 2.75) is 6.92 Å². The van der Waals surface area contributed by atoms with Gasteiger partial charge in [-0.2, -0.15) is 5.10 Å². The SMILES string of the molecule is COc1cc(/C=N\NC(=O)c2ccc(C)nc2)cc(I)c1O. The second kappa shape index (κ2) is 7.21. The van der Waals surface area contributed by atoms with Crippen LogP contribution in [0.1, 0.15) is 21.6 Å². The van der Waals surface area contributed by atoms with Crippen LogP contribution in [0.4, 0.5) is 0 Å². The van der Waals surface area contributed by atoms with Crippen molar-refractivity contribution < 1.29 is 14.6 Å². The monoisotopic (exact) mass is 411 g/mol. The van der Waals surface area contributed by atoms with Gasteiger partial charge in [0.15, 0.2) is 11.5 Å². The Morgan fingerprint density at radius 3 is 2.86 bits per heavy atom. The lowest BCUT2D eigenvalue weighted by atomic mass is 10.2. The summed E-state index contributed by atoms with van der Waals surface area (Å²) >= 11 is 1.99. The third kappa shape index (κ3) is 3.94. The van der Waals surface area contributed by atoms with Crippen LogP contribution in [-0.2, 0) is 0 Å². The molecule has 2 N–H and O–H groups in total. The number of aromatic nitrogens is 1. The van der Waals surface area contributed by atoms with Gasteiger partial charge in [0, 0.05) is 11.9 Å². The summed E-state index contributed by atoms with van der Waals surface area (Å²) in [5.41, 5.74) is 4.39. The van der Waals surface area contributed by atoms with Gasteiger partial charge in [-0.1, -0.05) is 0 Å². The maximum absolute atomic E-state index is 11.9. The molecule has 6 nitrogen and oxygen atoms in total. The summed E-state index contributed by atoms with van der Waals surface area (Å²) in [6.45, 7) is 1.85. The van der Waals surface area contributed by atoms with Gasteiger partial charge < -0.3 is 9.84 Å². The van der Waals surface area contributed by atoms with Crippen LogP contribution in [0.25, 0.3) is 0 Å². The summed E-state index contributed by atoms with van der Waals surface area (Å²) < 4.78 is 5.69. The van der Waals surface area contributed by atoms with E-state index in [9.17, 15) is 9.90 Å². The maximum atomic E-state index is 11.9. The van der Waals surface area contributed by atoms with Gasteiger partial charge in [-0.05, 0) is 59.3 Å². The van der Waals surface area contributed by atoms with E-state index in [-0.39, 0.29) is 11.7 Å². The molecule has 0 saturated heterocycles. The summed E-state index contributed by atoms with van der Waals surface area (Å²) in [5, 5.41) is 13.6. The van der Waals surface area contributed by atoms with Crippen LogP contribution in [0.3, 0.4) is 0 Å². The molecule has 1 amide bonds. The lowest BCUT2D eigenvalue weighted by Gasteiger charge is -2.06. The van der Waals surface area contributed by atoms with Crippen molar-refractivity contribution in [1.29, 1.82) is 0 Å². The Hall–Kier alpha value is -2.16. The van der Waals surface area contributed by atoms with Crippen molar-refractivity contribution >= 4 is 34.7 Å². The van der Waals surface area contributed by atoms with E-state index in [1.807, 2.05) is 29.5 Å². The highest BCUT2D eigenvalue weighted by Gasteiger charge is 2.08. The van der Waals surface area contributed by atoms with Crippen LogP contribution < -0.4 is 10.2 Å². The average molecular weight is 411 g/mol. The third-order valence-electron chi connectivity index (χ3n) is 2.82. The number of nitrogens with zero attached hydrogens (tertiary/aromatic N) is 2. The number of methoxy groups -OCH3 is 1. The van der Waals surface area contributed by atoms with E-state index in [0.717, 1.165) is 5.69 Å². The van der Waals surface area contributed by atoms with E-state index in [0.29, 0.717) is 20.4 Å². The number of nitrogens with one attached hydrogen (secondary N) is 1. The zero-order valence-electron chi connectivity index (χ0n) is 12.0. The molecule has 0 aliphatic carbocycles. The van der Waals surface area contributed by atoms with Gasteiger partial charge in [0.2, 0.25) is 0 Å². The van der Waals surface area contributed by atoms with E-state index < -0.39 is 0 Å². The number of phenols is 1. The van der Waals surface area contributed by atoms with Gasteiger partial charge >= 0.3 is 0 Å². The number of hydrogen-bond donors (Lipinski definition) is 2. The van der Waals surface area contributed by atoms with Crippen LogP contribution in [0, 0.1) is 10.5 Å². The first kappa shape index (κ1) is 16.2. The Kier molecular flexibility index (Phi) is 5.31. The average Bonchev–Trinajstić information content (AvgIpc) is 2.51. The van der Waals surface area contributed by atoms with E-state index in [1.165, 1.54) is 19.5 Å². The molecule has 2 aromatic rings. The highest BCUT2D eigenvalue weighted by atomic mass is 127. The Morgan fingerprint density at radius 1 is 1.45 bits per heavy atom. The zero-order valence-corrected chi connectivity index (χ0v) is 14.2. The Labute approximate surface area is 141 Å². The topological polar surface area (TPSA) is 83.8 Å². The summed E-state index contributed by atoms with van der Waals surface area (Å²) in [4.78, 5) is 15.9. The van der Waals surface area contributed by atoms with E-state index in [4.69, 9.17) is 4.74 Å². The molecule has 0 aliphatic rings. The molecule has 0 radical (unpaired) electrons. The van der Waals surface area contributed by atoms with Crippen molar-refractivity contribution in [3.63, 3.8) is 0 Å². The molecule has 1 aromatic carbocycles. The molecule has 0 fully saturated rings. The first-order chi connectivity index (χ1) is 10.5. The minimum Gasteiger partial charge on any atom is -0.504 e. The Bertz CT molecular complexity index is 715. The van der Waals surface area contributed by atoms with Crippen LogP contribution in [0.15, 0.2) is 35.6 Å². The number of hydrogen-bond acceptors (Lipinski definition) is 5. The summed E-state index contributed by atoms with van der Waals surface area (Å²) in [6, 6.07) is 6.79. The molecule has 22 heavy (non-hydrogen) atoms. The molecular formula is C15H14IN3O3. The van der Waals surface area contributed by atoms with Gasteiger partial charge in [-0.3, -0.25) is 9.78 Å². The van der Waals surface area contributed by atoms with E-state index >= 15 is 0 Å². The fourth-order valence-electron chi connectivity index (χ4n) is 1.66. The molecular weight excluding hydrogens is 397 g/mol. The van der Waals surface area contributed by atoms with Crippen LogP contribution in [0.5, 0.6) is 11.5 Å². The number of carbonyl (C=O) groups excluding carboxylic acids is 1. The van der Waals surface area contributed by atoms with E-state index in [1.54, 1.807) is 24.3 Å². The number of benzene rings is 1. The molecule has 7 heteroatoms. The Balaban J connectivity index is 2.08. The van der Waals surface area contributed by atoms with Gasteiger partial charge in [-0.25, -0.2) is 5.43 Å². The largest absolute Gasteiger partial charge is 0.504 e. The number of aryl methyl sites for hydroxylation is 1. The minimum atomic E-state index is -0.343. The lowest BCUT2D eigenvalue weighted by molar-refractivity contribution is 0.0955. The number of hydrazone groups is 1. The number of ether oxygens (including phenoxy) is 1. The van der Waals surface area contributed by atoms with Gasteiger partial charge in [0.05, 0.1) is 22.5 Å². The third-order valence-corrected chi connectivity index (χ3v) is 3.65. The van der Waals surface area contributed by atoms with E-state index in [2.05, 4.69) is 15.5 Å². The minimum absolute atomic E-state index is 0.0787. The number of pyridine rings is 1. The zero-order chi connectivity index (χ0) is 16.1. The molecule has 1 aromatic heterocycles. The van der Waals surface area contributed by atoms with Crippen LogP contribution >= 0.6 is 22.6 Å². The van der Waals surface area contributed by atoms with Crippen molar-refractivity contribution in [2.75, 3.05) is 7.11 Å². The maximum Gasteiger partial charge on any atom is 0.272 e. The quantitative estimate of drug-likeness (QED) is 0.460. The van der Waals surface area contributed by atoms with Gasteiger partial charge in [0.25, 0.3) is 5.91 Å². The molecule has 0 spiro atoms. The molecule has 0 bridgehead atoms. The van der Waals surface area contributed by atoms with Gasteiger partial charge in [-0.15, -0.1) is 0 Å². The molecule has 0 saturated carbocycles. The summed E-state index contributed by atoms with van der Waals surface area (Å²) in [5.74, 6) is 0.0848. The standard InChI is InChI=1S/C15H14IN3O3/c1-9-3-4-11(8-17-9)15(21)19-18-7-10-5-12(16)14(20)13(6-10)22-2/h3-8,20H,1-2H3,(H,19,21)/b18-7-. The second-order valence-electron chi connectivity index (χ2n) is 4.44. The van der Waals surface area contributed by atoms with Crippen LogP contribution in [-0.4, -0.2) is 29.3 Å². The normalized spacial score (nSPS) is 10.7. The number of amides is 1. The van der Waals surface area contributed by atoms with Crippen molar-refractivity contribution in [3.05, 3.63) is 50.9 Å². The number of phenolic OH excluding ortho intramolecular Hbond substituents is 1. The fourth-order valence-corrected chi connectivity index (χ4v) is 2.28. The Morgan fingerprint density at radius 2 is 2.23 bits per heavy atom. The first-order valence-electron chi connectivity index (χ1n) is 6.34. The molecule has 0 unspecified atom stereocenters. The fraction of sp³-hybridized carbons (Fsp3) is 0.133. The highest BCUT2D eigenvalue weighted by Crippen LogP contribution is 2.31. The molecule has 114 valence electrons. The molecule has 1 heterocycles. The van der Waals surface area contributed by atoms with Crippen molar-refractivity contribution in [3.8, 4) is 11.5 Å². The molecule has 2 rings (SSSR count). The number of aromatic hydroxyl groups is 1.